The average Bonchev–Trinajstić information content (AvgIpc) is 2.79. The van der Waals surface area contributed by atoms with Gasteiger partial charge < -0.3 is 18.9 Å². The first-order valence-corrected chi connectivity index (χ1v) is 11.3. The van der Waals surface area contributed by atoms with Crippen molar-refractivity contribution in [1.82, 2.24) is 4.90 Å². The topological polar surface area (TPSA) is 102 Å². The van der Waals surface area contributed by atoms with Gasteiger partial charge in [-0.05, 0) is 17.5 Å². The molecule has 8 nitrogen and oxygen atoms in total. The number of benzene rings is 2. The molecule has 0 fully saturated rings. The lowest BCUT2D eigenvalue weighted by molar-refractivity contribution is 0.0606. The van der Waals surface area contributed by atoms with Gasteiger partial charge in [-0.1, -0.05) is 73.7 Å². The Labute approximate surface area is 181 Å². The van der Waals surface area contributed by atoms with Crippen molar-refractivity contribution in [1.29, 1.82) is 0 Å². The second-order valence-electron chi connectivity index (χ2n) is 6.49. The molecular weight excluding hydrogens is 421 g/mol. The second-order valence-corrected chi connectivity index (χ2v) is 8.47. The van der Waals surface area contributed by atoms with Gasteiger partial charge in [-0.3, -0.25) is 4.57 Å². The SMILES string of the molecule is C=CCOP(=O)(O)C(CC)N(C(=O)OCc1ccccc1)C(=O)OCc1ccccc1. The molecule has 2 aromatic rings. The summed E-state index contributed by atoms with van der Waals surface area (Å²) in [4.78, 5) is 36.5. The molecule has 31 heavy (non-hydrogen) atoms. The molecule has 2 atom stereocenters. The van der Waals surface area contributed by atoms with Crippen molar-refractivity contribution in [2.75, 3.05) is 6.61 Å². The van der Waals surface area contributed by atoms with Crippen LogP contribution in [0.25, 0.3) is 0 Å². The molecule has 0 aliphatic heterocycles. The molecule has 166 valence electrons. The van der Waals surface area contributed by atoms with Gasteiger partial charge in [-0.2, -0.15) is 4.90 Å². The summed E-state index contributed by atoms with van der Waals surface area (Å²) in [6, 6.07) is 17.7. The van der Waals surface area contributed by atoms with Crippen molar-refractivity contribution in [3.8, 4) is 0 Å². The van der Waals surface area contributed by atoms with Crippen LogP contribution in [0.2, 0.25) is 0 Å². The number of hydrogen-bond acceptors (Lipinski definition) is 6. The Kier molecular flexibility index (Phi) is 9.46. The van der Waals surface area contributed by atoms with Crippen LogP contribution < -0.4 is 0 Å². The van der Waals surface area contributed by atoms with Gasteiger partial charge in [0.1, 0.15) is 19.0 Å². The summed E-state index contributed by atoms with van der Waals surface area (Å²) >= 11 is 0. The summed E-state index contributed by atoms with van der Waals surface area (Å²) in [7, 11) is -4.42. The fourth-order valence-electron chi connectivity index (χ4n) is 2.70. The smallest absolute Gasteiger partial charge is 0.420 e. The Balaban J connectivity index is 2.21. The van der Waals surface area contributed by atoms with Gasteiger partial charge >= 0.3 is 19.8 Å². The molecule has 0 bridgehead atoms. The molecule has 0 saturated heterocycles. The standard InChI is InChI=1S/C22H26NO7P/c1-3-15-30-31(26,27)20(4-2)23(21(24)28-16-18-11-7-5-8-12-18)22(25)29-17-19-13-9-6-10-14-19/h3,5-14,20H,1,4,15-17H2,2H3,(H,26,27). The minimum atomic E-state index is -4.42. The molecule has 2 amide bonds. The van der Waals surface area contributed by atoms with Crippen LogP contribution in [0.1, 0.15) is 24.5 Å². The molecule has 2 rings (SSSR count). The highest BCUT2D eigenvalue weighted by Crippen LogP contribution is 2.50. The average molecular weight is 447 g/mol. The van der Waals surface area contributed by atoms with E-state index >= 15 is 0 Å². The molecule has 9 heteroatoms. The van der Waals surface area contributed by atoms with Gasteiger partial charge in [0.25, 0.3) is 0 Å². The van der Waals surface area contributed by atoms with E-state index in [0.717, 1.165) is 0 Å². The third-order valence-corrected chi connectivity index (χ3v) is 6.09. The van der Waals surface area contributed by atoms with Gasteiger partial charge in [0.05, 0.1) is 6.61 Å². The van der Waals surface area contributed by atoms with Gasteiger partial charge in [-0.25, -0.2) is 9.59 Å². The van der Waals surface area contributed by atoms with Crippen LogP contribution in [-0.2, 0) is 31.8 Å². The predicted molar refractivity (Wildman–Crippen MR) is 115 cm³/mol. The van der Waals surface area contributed by atoms with E-state index < -0.39 is 25.6 Å². The van der Waals surface area contributed by atoms with Crippen molar-refractivity contribution >= 4 is 19.8 Å². The fraction of sp³-hybridized carbons (Fsp3) is 0.273. The molecule has 2 unspecified atom stereocenters. The highest BCUT2D eigenvalue weighted by atomic mass is 31.2. The van der Waals surface area contributed by atoms with Gasteiger partial charge in [0.2, 0.25) is 0 Å². The first kappa shape index (κ1) is 24.3. The van der Waals surface area contributed by atoms with Crippen LogP contribution in [0.4, 0.5) is 9.59 Å². The minimum Gasteiger partial charge on any atom is -0.444 e. The fourth-order valence-corrected chi connectivity index (χ4v) is 4.13. The number of amides is 2. The van der Waals surface area contributed by atoms with E-state index in [4.69, 9.17) is 14.0 Å². The molecule has 0 heterocycles. The lowest BCUT2D eigenvalue weighted by atomic mass is 10.2. The van der Waals surface area contributed by atoms with Gasteiger partial charge in [0.15, 0.2) is 0 Å². The molecule has 0 aromatic heterocycles. The maximum atomic E-state index is 12.8. The molecule has 0 aliphatic carbocycles. The first-order valence-electron chi connectivity index (χ1n) is 9.67. The zero-order valence-corrected chi connectivity index (χ0v) is 18.1. The van der Waals surface area contributed by atoms with E-state index in [-0.39, 0.29) is 26.2 Å². The quantitative estimate of drug-likeness (QED) is 0.400. The van der Waals surface area contributed by atoms with Crippen molar-refractivity contribution in [3.63, 3.8) is 0 Å². The number of rotatable bonds is 10. The van der Waals surface area contributed by atoms with Crippen LogP contribution in [0.5, 0.6) is 0 Å². The van der Waals surface area contributed by atoms with E-state index in [1.165, 1.54) is 6.08 Å². The largest absolute Gasteiger partial charge is 0.444 e. The molecule has 2 aromatic carbocycles. The van der Waals surface area contributed by atoms with Crippen LogP contribution in [0, 0.1) is 0 Å². The zero-order valence-electron chi connectivity index (χ0n) is 17.3. The van der Waals surface area contributed by atoms with Crippen molar-refractivity contribution < 1.29 is 33.0 Å². The van der Waals surface area contributed by atoms with Crippen LogP contribution in [0.3, 0.4) is 0 Å². The predicted octanol–water partition coefficient (Wildman–Crippen LogP) is 5.09. The summed E-state index contributed by atoms with van der Waals surface area (Å²) in [5.74, 6) is -1.49. The normalized spacial score (nSPS) is 13.5. The Bertz CT molecular complexity index is 849. The number of carbonyl (C=O) groups excluding carboxylic acids is 2. The van der Waals surface area contributed by atoms with Crippen molar-refractivity contribution in [3.05, 3.63) is 84.4 Å². The van der Waals surface area contributed by atoms with E-state index in [9.17, 15) is 19.0 Å². The minimum absolute atomic E-state index is 0.0498. The van der Waals surface area contributed by atoms with Crippen LogP contribution in [-0.4, -0.2) is 34.4 Å². The maximum Gasteiger partial charge on any atom is 0.420 e. The summed E-state index contributed by atoms with van der Waals surface area (Å²) in [5.41, 5.74) is 1.38. The Morgan fingerprint density at radius 2 is 1.45 bits per heavy atom. The molecule has 0 spiro atoms. The van der Waals surface area contributed by atoms with Crippen LogP contribution in [0.15, 0.2) is 73.3 Å². The van der Waals surface area contributed by atoms with Gasteiger partial charge in [-0.15, -0.1) is 6.58 Å². The summed E-state index contributed by atoms with van der Waals surface area (Å²) < 4.78 is 28.2. The summed E-state index contributed by atoms with van der Waals surface area (Å²) in [6.45, 7) is 4.51. The molecule has 0 radical (unpaired) electrons. The van der Waals surface area contributed by atoms with E-state index in [1.54, 1.807) is 55.5 Å². The number of nitrogens with zero attached hydrogens (tertiary/aromatic N) is 1. The third-order valence-electron chi connectivity index (χ3n) is 4.22. The van der Waals surface area contributed by atoms with E-state index in [2.05, 4.69) is 6.58 Å². The number of imide groups is 1. The molecule has 1 N–H and O–H groups in total. The molecule has 0 aliphatic rings. The highest BCUT2D eigenvalue weighted by Gasteiger charge is 2.43. The third kappa shape index (κ3) is 7.36. The second kappa shape index (κ2) is 12.1. The molecular formula is C22H26NO7P. The number of carbonyl (C=O) groups is 2. The zero-order chi connectivity index (χ0) is 22.7. The van der Waals surface area contributed by atoms with Crippen LogP contribution >= 0.6 is 7.60 Å². The Hall–Kier alpha value is -2.93. The molecule has 0 saturated carbocycles. The number of ether oxygens (including phenoxy) is 2. The van der Waals surface area contributed by atoms with E-state index in [0.29, 0.717) is 16.0 Å². The number of hydrogen-bond donors (Lipinski definition) is 1. The lowest BCUT2D eigenvalue weighted by Crippen LogP contribution is -2.45. The summed E-state index contributed by atoms with van der Waals surface area (Å²) in [5, 5.41) is 0. The van der Waals surface area contributed by atoms with Gasteiger partial charge in [0, 0.05) is 0 Å². The first-order chi connectivity index (χ1) is 14.9. The Morgan fingerprint density at radius 3 is 1.84 bits per heavy atom. The monoisotopic (exact) mass is 447 g/mol. The summed E-state index contributed by atoms with van der Waals surface area (Å²) in [6.07, 6.45) is -0.969. The Morgan fingerprint density at radius 1 is 1.00 bits per heavy atom. The van der Waals surface area contributed by atoms with Crippen molar-refractivity contribution in [2.24, 2.45) is 0 Å². The highest BCUT2D eigenvalue weighted by molar-refractivity contribution is 7.53. The lowest BCUT2D eigenvalue weighted by Gasteiger charge is -2.30. The maximum absolute atomic E-state index is 12.8. The van der Waals surface area contributed by atoms with E-state index in [1.807, 2.05) is 12.1 Å². The van der Waals surface area contributed by atoms with Crippen molar-refractivity contribution in [2.45, 2.75) is 32.3 Å².